The number of hydrogen-bond acceptors (Lipinski definition) is 7. The van der Waals surface area contributed by atoms with Crippen LogP contribution in [0.5, 0.6) is 11.5 Å². The Balaban J connectivity index is 1.33. The van der Waals surface area contributed by atoms with Gasteiger partial charge in [0, 0.05) is 29.6 Å². The number of methoxy groups -OCH3 is 1. The summed E-state index contributed by atoms with van der Waals surface area (Å²) >= 11 is 7.09. The molecule has 1 saturated heterocycles. The lowest BCUT2D eigenvalue weighted by atomic mass is 10.1. The van der Waals surface area contributed by atoms with Gasteiger partial charge in [-0.15, -0.1) is 10.2 Å². The predicted octanol–water partition coefficient (Wildman–Crippen LogP) is 3.74. The normalized spacial score (nSPS) is 15.7. The Labute approximate surface area is 187 Å². The van der Waals surface area contributed by atoms with Crippen molar-refractivity contribution in [3.05, 3.63) is 58.6 Å². The number of hydrogen-bond donors (Lipinski definition) is 1. The highest BCUT2D eigenvalue weighted by molar-refractivity contribution is 7.15. The zero-order valence-electron chi connectivity index (χ0n) is 16.6. The minimum Gasteiger partial charge on any atom is -0.497 e. The van der Waals surface area contributed by atoms with E-state index in [0.29, 0.717) is 33.9 Å². The van der Waals surface area contributed by atoms with Crippen molar-refractivity contribution in [3.63, 3.8) is 0 Å². The van der Waals surface area contributed by atoms with Crippen molar-refractivity contribution in [1.82, 2.24) is 10.2 Å². The topological polar surface area (TPSA) is 93.7 Å². The second kappa shape index (κ2) is 9.32. The molecule has 2 amide bonds. The van der Waals surface area contributed by atoms with E-state index in [0.717, 1.165) is 11.4 Å². The van der Waals surface area contributed by atoms with Crippen LogP contribution in [0.15, 0.2) is 48.5 Å². The molecular formula is C21H19ClN4O4S. The molecule has 2 heterocycles. The molecule has 1 atom stereocenters. The lowest BCUT2D eigenvalue weighted by Crippen LogP contribution is -2.24. The number of amides is 2. The summed E-state index contributed by atoms with van der Waals surface area (Å²) in [6.07, 6.45) is 0.342. The number of carbonyl (C=O) groups is 2. The lowest BCUT2D eigenvalue weighted by molar-refractivity contribution is -0.118. The van der Waals surface area contributed by atoms with Gasteiger partial charge in [-0.1, -0.05) is 22.9 Å². The van der Waals surface area contributed by atoms with Crippen LogP contribution in [0.1, 0.15) is 17.3 Å². The van der Waals surface area contributed by atoms with Crippen LogP contribution in [0.2, 0.25) is 5.02 Å². The summed E-state index contributed by atoms with van der Waals surface area (Å²) < 4.78 is 10.6. The van der Waals surface area contributed by atoms with E-state index in [4.69, 9.17) is 21.1 Å². The van der Waals surface area contributed by atoms with E-state index in [9.17, 15) is 9.59 Å². The first-order valence-corrected chi connectivity index (χ1v) is 10.7. The third kappa shape index (κ3) is 5.12. The maximum atomic E-state index is 12.5. The van der Waals surface area contributed by atoms with Gasteiger partial charge in [0.2, 0.25) is 11.0 Å². The fourth-order valence-electron chi connectivity index (χ4n) is 3.17. The molecule has 2 aromatic carbocycles. The van der Waals surface area contributed by atoms with Crippen molar-refractivity contribution in [2.24, 2.45) is 0 Å². The van der Waals surface area contributed by atoms with E-state index in [1.807, 2.05) is 24.3 Å². The minimum atomic E-state index is -0.347. The SMILES string of the molecule is COc1ccc(N2CC(c3nnc(NC(=O)COc4ccc(Cl)cc4)s3)CC2=O)cc1. The van der Waals surface area contributed by atoms with Crippen molar-refractivity contribution < 1.29 is 19.1 Å². The Morgan fingerprint density at radius 1 is 1.16 bits per heavy atom. The molecule has 0 aliphatic carbocycles. The molecule has 1 aliphatic rings. The number of halogens is 1. The van der Waals surface area contributed by atoms with Gasteiger partial charge in [0.15, 0.2) is 6.61 Å². The fourth-order valence-corrected chi connectivity index (χ4v) is 4.15. The van der Waals surface area contributed by atoms with Crippen molar-refractivity contribution >= 4 is 45.6 Å². The molecule has 3 aromatic rings. The largest absolute Gasteiger partial charge is 0.497 e. The Kier molecular flexibility index (Phi) is 6.34. The summed E-state index contributed by atoms with van der Waals surface area (Å²) in [4.78, 5) is 26.3. The molecule has 10 heteroatoms. The van der Waals surface area contributed by atoms with Crippen LogP contribution < -0.4 is 19.7 Å². The monoisotopic (exact) mass is 458 g/mol. The molecule has 1 unspecified atom stereocenters. The average molecular weight is 459 g/mol. The maximum absolute atomic E-state index is 12.5. The third-order valence-electron chi connectivity index (χ3n) is 4.73. The molecule has 31 heavy (non-hydrogen) atoms. The van der Waals surface area contributed by atoms with Gasteiger partial charge in [-0.25, -0.2) is 0 Å². The summed E-state index contributed by atoms with van der Waals surface area (Å²) in [6, 6.07) is 14.1. The van der Waals surface area contributed by atoms with Crippen LogP contribution in [0.25, 0.3) is 0 Å². The second-order valence-electron chi connectivity index (χ2n) is 6.84. The van der Waals surface area contributed by atoms with E-state index in [1.165, 1.54) is 11.3 Å². The summed E-state index contributed by atoms with van der Waals surface area (Å²) in [5.74, 6) is 0.868. The van der Waals surface area contributed by atoms with E-state index >= 15 is 0 Å². The molecule has 8 nitrogen and oxygen atoms in total. The van der Waals surface area contributed by atoms with Crippen molar-refractivity contribution in [1.29, 1.82) is 0 Å². The molecule has 4 rings (SSSR count). The highest BCUT2D eigenvalue weighted by Crippen LogP contribution is 2.34. The van der Waals surface area contributed by atoms with Gasteiger partial charge in [0.1, 0.15) is 16.5 Å². The summed E-state index contributed by atoms with van der Waals surface area (Å²) in [6.45, 7) is 0.344. The molecule has 0 spiro atoms. The van der Waals surface area contributed by atoms with Crippen molar-refractivity contribution in [3.8, 4) is 11.5 Å². The van der Waals surface area contributed by atoms with Crippen molar-refractivity contribution in [2.75, 3.05) is 30.5 Å². The van der Waals surface area contributed by atoms with Gasteiger partial charge < -0.3 is 14.4 Å². The molecule has 0 radical (unpaired) electrons. The second-order valence-corrected chi connectivity index (χ2v) is 8.29. The molecule has 1 aromatic heterocycles. The number of benzene rings is 2. The van der Waals surface area contributed by atoms with Gasteiger partial charge in [-0.05, 0) is 48.5 Å². The highest BCUT2D eigenvalue weighted by Gasteiger charge is 2.34. The first-order chi connectivity index (χ1) is 15.0. The molecule has 1 aliphatic heterocycles. The Hall–Kier alpha value is -3.17. The number of aromatic nitrogens is 2. The first-order valence-electron chi connectivity index (χ1n) is 9.48. The van der Waals surface area contributed by atoms with Crippen molar-refractivity contribution in [2.45, 2.75) is 12.3 Å². The number of rotatable bonds is 7. The number of nitrogens with one attached hydrogen (secondary N) is 1. The molecule has 0 bridgehead atoms. The molecular weight excluding hydrogens is 440 g/mol. The van der Waals surface area contributed by atoms with Gasteiger partial charge in [0.05, 0.1) is 7.11 Å². The fraction of sp³-hybridized carbons (Fsp3) is 0.238. The number of ether oxygens (including phenoxy) is 2. The van der Waals surface area contributed by atoms with E-state index in [-0.39, 0.29) is 24.3 Å². The van der Waals surface area contributed by atoms with Crippen LogP contribution in [0.4, 0.5) is 10.8 Å². The number of nitrogens with zero attached hydrogens (tertiary/aromatic N) is 3. The van der Waals surface area contributed by atoms with E-state index < -0.39 is 0 Å². The highest BCUT2D eigenvalue weighted by atomic mass is 35.5. The Bertz CT molecular complexity index is 1070. The molecule has 1 fully saturated rings. The zero-order chi connectivity index (χ0) is 21.8. The van der Waals surface area contributed by atoms with Crippen LogP contribution >= 0.6 is 22.9 Å². The van der Waals surface area contributed by atoms with Gasteiger partial charge >= 0.3 is 0 Å². The lowest BCUT2D eigenvalue weighted by Gasteiger charge is -2.16. The molecule has 1 N–H and O–H groups in total. The maximum Gasteiger partial charge on any atom is 0.264 e. The minimum absolute atomic E-state index is 0.0207. The van der Waals surface area contributed by atoms with Gasteiger partial charge in [-0.2, -0.15) is 0 Å². The Morgan fingerprint density at radius 2 is 1.87 bits per heavy atom. The molecule has 0 saturated carbocycles. The van der Waals surface area contributed by atoms with Crippen LogP contribution in [-0.2, 0) is 9.59 Å². The van der Waals surface area contributed by atoms with Crippen LogP contribution in [-0.4, -0.2) is 42.3 Å². The Morgan fingerprint density at radius 3 is 2.58 bits per heavy atom. The van der Waals surface area contributed by atoms with Crippen LogP contribution in [0, 0.1) is 0 Å². The van der Waals surface area contributed by atoms with E-state index in [2.05, 4.69) is 15.5 Å². The predicted molar refractivity (Wildman–Crippen MR) is 118 cm³/mol. The quantitative estimate of drug-likeness (QED) is 0.579. The summed E-state index contributed by atoms with van der Waals surface area (Å²) in [5.41, 5.74) is 0.811. The smallest absolute Gasteiger partial charge is 0.264 e. The summed E-state index contributed by atoms with van der Waals surface area (Å²) in [7, 11) is 1.60. The molecule has 160 valence electrons. The summed E-state index contributed by atoms with van der Waals surface area (Å²) in [5, 5.41) is 12.5. The van der Waals surface area contributed by atoms with E-state index in [1.54, 1.807) is 36.3 Å². The standard InChI is InChI=1S/C21H19ClN4O4S/c1-29-16-8-4-15(5-9-16)26-11-13(10-19(26)28)20-24-25-21(31-20)23-18(27)12-30-17-6-2-14(22)3-7-17/h2-9,13H,10-12H2,1H3,(H,23,25,27). The van der Waals surface area contributed by atoms with Gasteiger partial charge in [-0.3, -0.25) is 14.9 Å². The van der Waals surface area contributed by atoms with Crippen LogP contribution in [0.3, 0.4) is 0 Å². The average Bonchev–Trinajstić information content (AvgIpc) is 3.40. The number of carbonyl (C=O) groups excluding carboxylic acids is 2. The first kappa shape index (κ1) is 21.1. The van der Waals surface area contributed by atoms with Gasteiger partial charge in [0.25, 0.3) is 5.91 Å². The zero-order valence-corrected chi connectivity index (χ0v) is 18.2. The third-order valence-corrected chi connectivity index (χ3v) is 5.98. The number of anilines is 2.